The van der Waals surface area contributed by atoms with Crippen molar-refractivity contribution in [2.45, 2.75) is 25.3 Å². The lowest BCUT2D eigenvalue weighted by atomic mass is 9.93. The molecular formula is C23H20FN3O. The summed E-state index contributed by atoms with van der Waals surface area (Å²) < 4.78 is 16.8. The van der Waals surface area contributed by atoms with Gasteiger partial charge in [-0.1, -0.05) is 36.9 Å². The molecule has 28 heavy (non-hydrogen) atoms. The third kappa shape index (κ3) is 2.26. The smallest absolute Gasteiger partial charge is 0.203 e. The fourth-order valence-electron chi connectivity index (χ4n) is 4.10. The second-order valence-corrected chi connectivity index (χ2v) is 7.34. The highest BCUT2D eigenvalue weighted by Crippen LogP contribution is 2.44. The zero-order valence-electron chi connectivity index (χ0n) is 15.3. The zero-order valence-corrected chi connectivity index (χ0v) is 15.3. The van der Waals surface area contributed by atoms with Gasteiger partial charge in [-0.2, -0.15) is 0 Å². The Morgan fingerprint density at radius 3 is 2.71 bits per heavy atom. The highest BCUT2D eigenvalue weighted by molar-refractivity contribution is 6.12. The average Bonchev–Trinajstić information content (AvgIpc) is 2.97. The van der Waals surface area contributed by atoms with Crippen LogP contribution in [0.5, 0.6) is 5.88 Å². The van der Waals surface area contributed by atoms with Crippen LogP contribution >= 0.6 is 0 Å². The molecule has 0 atom stereocenters. The summed E-state index contributed by atoms with van der Waals surface area (Å²) in [6, 6.07) is 10.8. The molecule has 4 aromatic rings. The lowest BCUT2D eigenvalue weighted by Crippen LogP contribution is -2.15. The van der Waals surface area contributed by atoms with E-state index < -0.39 is 0 Å². The van der Waals surface area contributed by atoms with E-state index in [9.17, 15) is 9.50 Å². The minimum absolute atomic E-state index is 0.143. The Bertz CT molecular complexity index is 1250. The lowest BCUT2D eigenvalue weighted by Gasteiger charge is -2.27. The van der Waals surface area contributed by atoms with Gasteiger partial charge in [0.25, 0.3) is 0 Å². The van der Waals surface area contributed by atoms with Crippen molar-refractivity contribution >= 4 is 33.6 Å². The van der Waals surface area contributed by atoms with Gasteiger partial charge in [0.2, 0.25) is 5.88 Å². The van der Waals surface area contributed by atoms with Crippen molar-refractivity contribution in [3.63, 3.8) is 0 Å². The number of benzene rings is 2. The Labute approximate surface area is 161 Å². The van der Waals surface area contributed by atoms with E-state index >= 15 is 0 Å². The molecule has 2 aromatic carbocycles. The normalized spacial score (nSPS) is 14.5. The topological polar surface area (TPSA) is 64.1 Å². The standard InChI is InChI=1S/C23H20FN3O/c1-2-13-6-3-4-9-15(13)19-17(24)11-10-16-21(25)20-18(26-22(16)19)12-27(23(20)28)14-7-5-8-14/h2-4,6,9-12,14,28H,1,5,7-8,25H2. The van der Waals surface area contributed by atoms with Crippen LogP contribution in [0.25, 0.3) is 39.0 Å². The number of pyridine rings is 1. The van der Waals surface area contributed by atoms with Crippen LogP contribution in [0.15, 0.2) is 49.2 Å². The molecule has 1 saturated carbocycles. The largest absolute Gasteiger partial charge is 0.494 e. The van der Waals surface area contributed by atoms with E-state index in [4.69, 9.17) is 10.7 Å². The molecule has 0 radical (unpaired) electrons. The summed E-state index contributed by atoms with van der Waals surface area (Å²) in [7, 11) is 0. The Kier molecular flexibility index (Phi) is 3.66. The van der Waals surface area contributed by atoms with Gasteiger partial charge >= 0.3 is 0 Å². The van der Waals surface area contributed by atoms with Crippen LogP contribution in [-0.2, 0) is 0 Å². The number of rotatable bonds is 3. The van der Waals surface area contributed by atoms with Crippen LogP contribution in [0.4, 0.5) is 10.1 Å². The quantitative estimate of drug-likeness (QED) is 0.488. The van der Waals surface area contributed by atoms with Crippen molar-refractivity contribution in [2.75, 3.05) is 5.73 Å². The molecule has 5 heteroatoms. The van der Waals surface area contributed by atoms with Crippen molar-refractivity contribution in [1.82, 2.24) is 9.55 Å². The van der Waals surface area contributed by atoms with Crippen LogP contribution in [0.2, 0.25) is 0 Å². The van der Waals surface area contributed by atoms with E-state index in [1.165, 1.54) is 6.07 Å². The Morgan fingerprint density at radius 2 is 2.00 bits per heavy atom. The monoisotopic (exact) mass is 373 g/mol. The molecule has 0 aliphatic heterocycles. The lowest BCUT2D eigenvalue weighted by molar-refractivity contribution is 0.283. The van der Waals surface area contributed by atoms with Gasteiger partial charge in [0.15, 0.2) is 0 Å². The molecule has 3 N–H and O–H groups in total. The first-order valence-electron chi connectivity index (χ1n) is 9.43. The minimum atomic E-state index is -0.365. The van der Waals surface area contributed by atoms with E-state index in [2.05, 4.69) is 6.58 Å². The molecule has 2 aromatic heterocycles. The van der Waals surface area contributed by atoms with Crippen LogP contribution in [0.3, 0.4) is 0 Å². The summed E-state index contributed by atoms with van der Waals surface area (Å²) >= 11 is 0. The molecule has 1 aliphatic rings. The number of aromatic hydroxyl groups is 1. The first-order valence-corrected chi connectivity index (χ1v) is 9.43. The van der Waals surface area contributed by atoms with Crippen molar-refractivity contribution in [3.05, 3.63) is 60.6 Å². The molecule has 1 fully saturated rings. The van der Waals surface area contributed by atoms with E-state index in [1.807, 2.05) is 35.0 Å². The first kappa shape index (κ1) is 16.8. The predicted octanol–water partition coefficient (Wildman–Crippen LogP) is 5.65. The van der Waals surface area contributed by atoms with Gasteiger partial charge in [-0.25, -0.2) is 9.37 Å². The van der Waals surface area contributed by atoms with Crippen molar-refractivity contribution < 1.29 is 9.50 Å². The number of hydrogen-bond acceptors (Lipinski definition) is 3. The fourth-order valence-corrected chi connectivity index (χ4v) is 4.10. The number of anilines is 1. The molecule has 0 amide bonds. The second-order valence-electron chi connectivity index (χ2n) is 7.34. The molecule has 0 unspecified atom stereocenters. The number of nitrogens with zero attached hydrogens (tertiary/aromatic N) is 2. The highest BCUT2D eigenvalue weighted by atomic mass is 19.1. The molecule has 0 spiro atoms. The Hall–Kier alpha value is -3.34. The van der Waals surface area contributed by atoms with Gasteiger partial charge in [-0.3, -0.25) is 0 Å². The van der Waals surface area contributed by atoms with E-state index in [0.717, 1.165) is 30.4 Å². The van der Waals surface area contributed by atoms with Crippen LogP contribution in [0.1, 0.15) is 30.9 Å². The highest BCUT2D eigenvalue weighted by Gasteiger charge is 2.26. The molecule has 1 aliphatic carbocycles. The molecular weight excluding hydrogens is 353 g/mol. The van der Waals surface area contributed by atoms with Crippen LogP contribution in [-0.4, -0.2) is 14.7 Å². The van der Waals surface area contributed by atoms with Crippen LogP contribution in [0, 0.1) is 5.82 Å². The third-order valence-electron chi connectivity index (χ3n) is 5.82. The summed E-state index contributed by atoms with van der Waals surface area (Å²) in [5, 5.41) is 11.9. The zero-order chi connectivity index (χ0) is 19.4. The molecule has 4 nitrogen and oxygen atoms in total. The number of nitrogens with two attached hydrogens (primary N) is 1. The summed E-state index contributed by atoms with van der Waals surface area (Å²) in [4.78, 5) is 4.74. The van der Waals surface area contributed by atoms with Gasteiger partial charge in [0, 0.05) is 23.2 Å². The maximum absolute atomic E-state index is 15.0. The van der Waals surface area contributed by atoms with Gasteiger partial charge < -0.3 is 15.4 Å². The van der Waals surface area contributed by atoms with Gasteiger partial charge in [0.1, 0.15) is 5.82 Å². The van der Waals surface area contributed by atoms with Gasteiger partial charge in [-0.05, 0) is 42.5 Å². The number of hydrogen-bond donors (Lipinski definition) is 2. The van der Waals surface area contributed by atoms with Gasteiger partial charge in [-0.15, -0.1) is 0 Å². The SMILES string of the molecule is C=Cc1ccccc1-c1c(F)ccc2c(N)c3c(O)n(C4CCC4)cc3nc12. The van der Waals surface area contributed by atoms with E-state index in [1.54, 1.807) is 12.1 Å². The maximum atomic E-state index is 15.0. The fraction of sp³-hybridized carbons (Fsp3) is 0.174. The molecule has 5 rings (SSSR count). The Balaban J connectivity index is 1.87. The molecule has 140 valence electrons. The third-order valence-corrected chi connectivity index (χ3v) is 5.82. The summed E-state index contributed by atoms with van der Waals surface area (Å²) in [6.45, 7) is 3.84. The van der Waals surface area contributed by atoms with Crippen molar-refractivity contribution in [1.29, 1.82) is 0 Å². The second kappa shape index (κ2) is 6.09. The number of halogens is 1. The van der Waals surface area contributed by atoms with Crippen LogP contribution < -0.4 is 5.73 Å². The first-order chi connectivity index (χ1) is 13.6. The van der Waals surface area contributed by atoms with Crippen molar-refractivity contribution in [2.24, 2.45) is 0 Å². The summed E-state index contributed by atoms with van der Waals surface area (Å²) in [5.74, 6) is -0.223. The summed E-state index contributed by atoms with van der Waals surface area (Å²) in [6.07, 6.45) is 6.74. The summed E-state index contributed by atoms with van der Waals surface area (Å²) in [5.41, 5.74) is 9.88. The van der Waals surface area contributed by atoms with Crippen molar-refractivity contribution in [3.8, 4) is 17.0 Å². The van der Waals surface area contributed by atoms with Gasteiger partial charge in [0.05, 0.1) is 22.1 Å². The number of nitrogen functional groups attached to an aromatic ring is 1. The molecule has 0 saturated heterocycles. The predicted molar refractivity (Wildman–Crippen MR) is 112 cm³/mol. The number of aromatic nitrogens is 2. The molecule has 0 bridgehead atoms. The van der Waals surface area contributed by atoms with E-state index in [-0.39, 0.29) is 17.7 Å². The average molecular weight is 373 g/mol. The Morgan fingerprint density at radius 1 is 1.21 bits per heavy atom. The number of fused-ring (bicyclic) bond motifs is 2. The minimum Gasteiger partial charge on any atom is -0.494 e. The molecule has 2 heterocycles. The maximum Gasteiger partial charge on any atom is 0.203 e. The van der Waals surface area contributed by atoms with E-state index in [0.29, 0.717) is 33.1 Å².